The van der Waals surface area contributed by atoms with Crippen LogP contribution in [0.25, 0.3) is 10.9 Å². The monoisotopic (exact) mass is 274 g/mol. The van der Waals surface area contributed by atoms with E-state index in [0.717, 1.165) is 17.4 Å². The molecule has 0 aliphatic rings. The molecule has 1 aromatic carbocycles. The van der Waals surface area contributed by atoms with Crippen LogP contribution in [0, 0.1) is 0 Å². The number of nitrogens with zero attached hydrogens (tertiary/aromatic N) is 3. The molecule has 1 amide bonds. The quantitative estimate of drug-likeness (QED) is 0.907. The number of aromatic nitrogens is 2. The Morgan fingerprint density at radius 3 is 2.70 bits per heavy atom. The number of carbonyl (C=O) groups is 1. The lowest BCUT2D eigenvalue weighted by atomic mass is 10.1. The molecule has 1 aromatic heterocycles. The van der Waals surface area contributed by atoms with Gasteiger partial charge in [0.15, 0.2) is 5.69 Å². The van der Waals surface area contributed by atoms with Crippen LogP contribution in [0.1, 0.15) is 24.3 Å². The van der Waals surface area contributed by atoms with E-state index in [1.807, 2.05) is 50.2 Å². The Hall–Kier alpha value is -1.88. The van der Waals surface area contributed by atoms with Gasteiger partial charge in [0.2, 0.25) is 0 Å². The summed E-state index contributed by atoms with van der Waals surface area (Å²) in [4.78, 5) is 16.6. The number of nitrogens with one attached hydrogen (secondary N) is 1. The molecule has 0 radical (unpaired) electrons. The minimum absolute atomic E-state index is 0.0145. The van der Waals surface area contributed by atoms with Crippen molar-refractivity contribution in [2.24, 2.45) is 0 Å². The van der Waals surface area contributed by atoms with Gasteiger partial charge in [0.05, 0.1) is 5.52 Å². The molecule has 2 aromatic rings. The molecular formula is C15H22N4O. The third-order valence-corrected chi connectivity index (χ3v) is 3.44. The van der Waals surface area contributed by atoms with Gasteiger partial charge in [-0.25, -0.2) is 0 Å². The SMILES string of the molecule is CCN(C(=O)c1n[nH]c2ccccc12)C(C)CN(C)C. The van der Waals surface area contributed by atoms with Gasteiger partial charge in [-0.3, -0.25) is 9.89 Å². The van der Waals surface area contributed by atoms with E-state index in [4.69, 9.17) is 0 Å². The molecule has 0 bridgehead atoms. The zero-order chi connectivity index (χ0) is 14.7. The second-order valence-corrected chi connectivity index (χ2v) is 5.32. The number of likely N-dealkylation sites (N-methyl/N-ethyl adjacent to an activating group) is 2. The number of carbonyl (C=O) groups excluding carboxylic acids is 1. The number of amides is 1. The molecule has 0 saturated heterocycles. The lowest BCUT2D eigenvalue weighted by Crippen LogP contribution is -2.43. The third kappa shape index (κ3) is 2.82. The lowest BCUT2D eigenvalue weighted by Gasteiger charge is -2.29. The summed E-state index contributed by atoms with van der Waals surface area (Å²) in [6, 6.07) is 7.86. The van der Waals surface area contributed by atoms with Crippen LogP contribution in [0.3, 0.4) is 0 Å². The van der Waals surface area contributed by atoms with Gasteiger partial charge in [0, 0.05) is 24.5 Å². The molecule has 0 fully saturated rings. The molecule has 108 valence electrons. The summed E-state index contributed by atoms with van der Waals surface area (Å²) in [5.74, 6) is -0.0145. The highest BCUT2D eigenvalue weighted by Gasteiger charge is 2.24. The second kappa shape index (κ2) is 6.05. The first-order chi connectivity index (χ1) is 9.54. The van der Waals surface area contributed by atoms with Crippen LogP contribution < -0.4 is 0 Å². The highest BCUT2D eigenvalue weighted by molar-refractivity contribution is 6.04. The number of benzene rings is 1. The van der Waals surface area contributed by atoms with Crippen LogP contribution >= 0.6 is 0 Å². The number of hydrogen-bond acceptors (Lipinski definition) is 3. The molecule has 0 aliphatic carbocycles. The van der Waals surface area contributed by atoms with Crippen molar-refractivity contribution in [3.05, 3.63) is 30.0 Å². The summed E-state index contributed by atoms with van der Waals surface area (Å²) in [6.45, 7) is 5.58. The molecule has 20 heavy (non-hydrogen) atoms. The van der Waals surface area contributed by atoms with Crippen LogP contribution in [0.15, 0.2) is 24.3 Å². The van der Waals surface area contributed by atoms with Gasteiger partial charge in [-0.05, 0) is 34.0 Å². The van der Waals surface area contributed by atoms with Gasteiger partial charge < -0.3 is 9.80 Å². The van der Waals surface area contributed by atoms with Crippen molar-refractivity contribution >= 4 is 16.8 Å². The third-order valence-electron chi connectivity index (χ3n) is 3.44. The van der Waals surface area contributed by atoms with Gasteiger partial charge >= 0.3 is 0 Å². The number of H-pyrrole nitrogens is 1. The van der Waals surface area contributed by atoms with Gasteiger partial charge in [-0.15, -0.1) is 0 Å². The van der Waals surface area contributed by atoms with Crippen LogP contribution in [0.4, 0.5) is 0 Å². The Labute approximate surface area is 119 Å². The highest BCUT2D eigenvalue weighted by Crippen LogP contribution is 2.18. The van der Waals surface area contributed by atoms with Gasteiger partial charge in [0.1, 0.15) is 0 Å². The van der Waals surface area contributed by atoms with Crippen molar-refractivity contribution < 1.29 is 4.79 Å². The molecule has 5 nitrogen and oxygen atoms in total. The van der Waals surface area contributed by atoms with Crippen LogP contribution in [0.5, 0.6) is 0 Å². The van der Waals surface area contributed by atoms with Crippen LogP contribution in [-0.2, 0) is 0 Å². The van der Waals surface area contributed by atoms with Crippen molar-refractivity contribution in [1.82, 2.24) is 20.0 Å². The molecule has 0 saturated carbocycles. The lowest BCUT2D eigenvalue weighted by molar-refractivity contribution is 0.0675. The minimum Gasteiger partial charge on any atom is -0.334 e. The maximum atomic E-state index is 12.7. The number of hydrogen-bond donors (Lipinski definition) is 1. The molecular weight excluding hydrogens is 252 g/mol. The first-order valence-electron chi connectivity index (χ1n) is 6.93. The van der Waals surface area contributed by atoms with E-state index < -0.39 is 0 Å². The van der Waals surface area contributed by atoms with Gasteiger partial charge in [-0.2, -0.15) is 5.10 Å². The van der Waals surface area contributed by atoms with E-state index in [9.17, 15) is 4.79 Å². The van der Waals surface area contributed by atoms with Gasteiger partial charge in [-0.1, -0.05) is 18.2 Å². The fraction of sp³-hybridized carbons (Fsp3) is 0.467. The van der Waals surface area contributed by atoms with Crippen molar-refractivity contribution in [1.29, 1.82) is 0 Å². The fourth-order valence-corrected chi connectivity index (χ4v) is 2.54. The fourth-order valence-electron chi connectivity index (χ4n) is 2.54. The number of aromatic amines is 1. The number of para-hydroxylation sites is 1. The van der Waals surface area contributed by atoms with E-state index >= 15 is 0 Å². The molecule has 0 spiro atoms. The van der Waals surface area contributed by atoms with E-state index in [0.29, 0.717) is 12.2 Å². The summed E-state index contributed by atoms with van der Waals surface area (Å²) in [5.41, 5.74) is 1.40. The smallest absolute Gasteiger partial charge is 0.275 e. The Morgan fingerprint density at radius 2 is 2.05 bits per heavy atom. The molecule has 1 unspecified atom stereocenters. The summed E-state index contributed by atoms with van der Waals surface area (Å²) < 4.78 is 0. The molecule has 5 heteroatoms. The topological polar surface area (TPSA) is 52.2 Å². The van der Waals surface area contributed by atoms with Crippen LogP contribution in [-0.4, -0.2) is 59.1 Å². The largest absolute Gasteiger partial charge is 0.334 e. The Morgan fingerprint density at radius 1 is 1.35 bits per heavy atom. The zero-order valence-corrected chi connectivity index (χ0v) is 12.6. The predicted octanol–water partition coefficient (Wildman–Crippen LogP) is 1.98. The maximum Gasteiger partial charge on any atom is 0.275 e. The van der Waals surface area contributed by atoms with Crippen molar-refractivity contribution in [3.8, 4) is 0 Å². The molecule has 1 heterocycles. The number of rotatable bonds is 5. The van der Waals surface area contributed by atoms with Crippen LogP contribution in [0.2, 0.25) is 0 Å². The van der Waals surface area contributed by atoms with E-state index in [1.54, 1.807) is 0 Å². The summed E-state index contributed by atoms with van der Waals surface area (Å²) in [7, 11) is 4.03. The first kappa shape index (κ1) is 14.5. The Bertz CT molecular complexity index is 590. The predicted molar refractivity (Wildman–Crippen MR) is 80.8 cm³/mol. The minimum atomic E-state index is -0.0145. The Balaban J connectivity index is 2.28. The number of fused-ring (bicyclic) bond motifs is 1. The normalized spacial score (nSPS) is 12.8. The standard InChI is InChI=1S/C15H22N4O/c1-5-19(11(2)10-18(3)4)15(20)14-12-8-6-7-9-13(12)16-17-14/h6-9,11H,5,10H2,1-4H3,(H,16,17). The average molecular weight is 274 g/mol. The molecule has 2 rings (SSSR count). The van der Waals surface area contributed by atoms with E-state index in [2.05, 4.69) is 22.0 Å². The van der Waals surface area contributed by atoms with Gasteiger partial charge in [0.25, 0.3) is 5.91 Å². The molecule has 1 atom stereocenters. The molecule has 0 aliphatic heterocycles. The van der Waals surface area contributed by atoms with Crippen molar-refractivity contribution in [2.75, 3.05) is 27.2 Å². The first-order valence-corrected chi connectivity index (χ1v) is 6.93. The highest BCUT2D eigenvalue weighted by atomic mass is 16.2. The van der Waals surface area contributed by atoms with E-state index in [-0.39, 0.29) is 11.9 Å². The van der Waals surface area contributed by atoms with Crippen molar-refractivity contribution in [3.63, 3.8) is 0 Å². The van der Waals surface area contributed by atoms with Crippen molar-refractivity contribution in [2.45, 2.75) is 19.9 Å². The zero-order valence-electron chi connectivity index (χ0n) is 12.6. The summed E-state index contributed by atoms with van der Waals surface area (Å²) in [5, 5.41) is 8.00. The summed E-state index contributed by atoms with van der Waals surface area (Å²) >= 11 is 0. The Kier molecular flexibility index (Phi) is 4.39. The summed E-state index contributed by atoms with van der Waals surface area (Å²) in [6.07, 6.45) is 0. The average Bonchev–Trinajstić information content (AvgIpc) is 2.82. The molecule has 1 N–H and O–H groups in total. The van der Waals surface area contributed by atoms with E-state index in [1.165, 1.54) is 0 Å². The second-order valence-electron chi connectivity index (χ2n) is 5.32. The maximum absolute atomic E-state index is 12.7.